The number of ether oxygens (including phenoxy) is 1. The van der Waals surface area contributed by atoms with Crippen molar-refractivity contribution in [2.75, 3.05) is 26.8 Å². The Kier molecular flexibility index (Phi) is 5.62. The van der Waals surface area contributed by atoms with Gasteiger partial charge in [-0.2, -0.15) is 13.2 Å². The van der Waals surface area contributed by atoms with Crippen molar-refractivity contribution in [1.29, 1.82) is 0 Å². The second kappa shape index (κ2) is 6.77. The zero-order valence-electron chi connectivity index (χ0n) is 11.0. The SMILES string of the molecule is CCN(CCOC)Cc1ccc(O)c(C(F)(F)F)c1. The number of methoxy groups -OCH3 is 1. The minimum atomic E-state index is -4.54. The number of nitrogens with zero attached hydrogens (tertiary/aromatic N) is 1. The third kappa shape index (κ3) is 4.72. The van der Waals surface area contributed by atoms with E-state index in [0.29, 0.717) is 31.8 Å². The average molecular weight is 277 g/mol. The van der Waals surface area contributed by atoms with Crippen LogP contribution in [0, 0.1) is 0 Å². The lowest BCUT2D eigenvalue weighted by molar-refractivity contribution is -0.138. The minimum Gasteiger partial charge on any atom is -0.507 e. The third-order valence-electron chi connectivity index (χ3n) is 2.83. The number of hydrogen-bond acceptors (Lipinski definition) is 3. The predicted molar refractivity (Wildman–Crippen MR) is 65.9 cm³/mol. The number of benzene rings is 1. The Hall–Kier alpha value is -1.27. The molecule has 0 amide bonds. The molecule has 1 rings (SSSR count). The van der Waals surface area contributed by atoms with Crippen LogP contribution in [0.1, 0.15) is 18.1 Å². The van der Waals surface area contributed by atoms with E-state index in [1.54, 1.807) is 7.11 Å². The number of halogens is 3. The van der Waals surface area contributed by atoms with Crippen molar-refractivity contribution in [3.8, 4) is 5.75 Å². The molecule has 0 heterocycles. The fourth-order valence-corrected chi connectivity index (χ4v) is 1.74. The number of phenols is 1. The van der Waals surface area contributed by atoms with Crippen LogP contribution in [0.3, 0.4) is 0 Å². The van der Waals surface area contributed by atoms with Crippen molar-refractivity contribution >= 4 is 0 Å². The Morgan fingerprint density at radius 1 is 1.32 bits per heavy atom. The summed E-state index contributed by atoms with van der Waals surface area (Å²) in [6, 6.07) is 3.58. The summed E-state index contributed by atoms with van der Waals surface area (Å²) in [6.07, 6.45) is -4.54. The van der Waals surface area contributed by atoms with Gasteiger partial charge < -0.3 is 9.84 Å². The standard InChI is InChI=1S/C13H18F3NO2/c1-3-17(6-7-19-2)9-10-4-5-12(18)11(8-10)13(14,15)16/h4-5,8,18H,3,6-7,9H2,1-2H3. The van der Waals surface area contributed by atoms with Gasteiger partial charge in [0.05, 0.1) is 12.2 Å². The Labute approximate surface area is 110 Å². The first-order chi connectivity index (χ1) is 8.88. The summed E-state index contributed by atoms with van der Waals surface area (Å²) < 4.78 is 42.9. The summed E-state index contributed by atoms with van der Waals surface area (Å²) in [6.45, 7) is 4.21. The molecule has 0 bridgehead atoms. The molecule has 0 aliphatic rings. The molecule has 0 aliphatic carbocycles. The van der Waals surface area contributed by atoms with Gasteiger partial charge in [-0.15, -0.1) is 0 Å². The van der Waals surface area contributed by atoms with Gasteiger partial charge in [0.2, 0.25) is 0 Å². The van der Waals surface area contributed by atoms with E-state index in [0.717, 1.165) is 12.1 Å². The molecule has 0 fully saturated rings. The molecule has 0 radical (unpaired) electrons. The summed E-state index contributed by atoms with van der Waals surface area (Å²) >= 11 is 0. The Morgan fingerprint density at radius 2 is 2.00 bits per heavy atom. The van der Waals surface area contributed by atoms with E-state index < -0.39 is 17.5 Å². The maximum absolute atomic E-state index is 12.7. The quantitative estimate of drug-likeness (QED) is 0.868. The fourth-order valence-electron chi connectivity index (χ4n) is 1.74. The van der Waals surface area contributed by atoms with Crippen molar-refractivity contribution in [3.05, 3.63) is 29.3 Å². The van der Waals surface area contributed by atoms with Gasteiger partial charge in [0.15, 0.2) is 0 Å². The fraction of sp³-hybridized carbons (Fsp3) is 0.538. The molecule has 3 nitrogen and oxygen atoms in total. The van der Waals surface area contributed by atoms with Crippen molar-refractivity contribution in [1.82, 2.24) is 4.90 Å². The first-order valence-electron chi connectivity index (χ1n) is 5.98. The summed E-state index contributed by atoms with van der Waals surface area (Å²) in [5, 5.41) is 9.25. The van der Waals surface area contributed by atoms with E-state index in [2.05, 4.69) is 0 Å². The Morgan fingerprint density at radius 3 is 2.53 bits per heavy atom. The zero-order chi connectivity index (χ0) is 14.5. The summed E-state index contributed by atoms with van der Waals surface area (Å²) in [5.41, 5.74) is -0.476. The van der Waals surface area contributed by atoms with E-state index in [4.69, 9.17) is 4.74 Å². The van der Waals surface area contributed by atoms with E-state index in [-0.39, 0.29) is 0 Å². The first kappa shape index (κ1) is 15.8. The van der Waals surface area contributed by atoms with E-state index in [1.165, 1.54) is 6.07 Å². The van der Waals surface area contributed by atoms with Crippen LogP contribution in [0.5, 0.6) is 5.75 Å². The second-order valence-corrected chi connectivity index (χ2v) is 4.21. The molecule has 6 heteroatoms. The van der Waals surface area contributed by atoms with Crippen molar-refractivity contribution in [2.24, 2.45) is 0 Å². The molecule has 19 heavy (non-hydrogen) atoms. The molecule has 1 aromatic carbocycles. The van der Waals surface area contributed by atoms with Crippen LogP contribution in [0.2, 0.25) is 0 Å². The molecular formula is C13H18F3NO2. The Bertz CT molecular complexity index is 407. The summed E-state index contributed by atoms with van der Waals surface area (Å²) in [5.74, 6) is -0.740. The number of hydrogen-bond donors (Lipinski definition) is 1. The zero-order valence-corrected chi connectivity index (χ0v) is 11.0. The lowest BCUT2D eigenvalue weighted by Crippen LogP contribution is -2.26. The molecule has 0 unspecified atom stereocenters. The minimum absolute atomic E-state index is 0.392. The molecule has 0 aromatic heterocycles. The highest BCUT2D eigenvalue weighted by Crippen LogP contribution is 2.36. The molecule has 1 aromatic rings. The van der Waals surface area contributed by atoms with E-state index in [9.17, 15) is 18.3 Å². The van der Waals surface area contributed by atoms with Crippen LogP contribution in [-0.2, 0) is 17.5 Å². The van der Waals surface area contributed by atoms with Crippen LogP contribution >= 0.6 is 0 Å². The highest BCUT2D eigenvalue weighted by molar-refractivity contribution is 5.38. The van der Waals surface area contributed by atoms with Crippen LogP contribution in [-0.4, -0.2) is 36.8 Å². The highest BCUT2D eigenvalue weighted by atomic mass is 19.4. The monoisotopic (exact) mass is 277 g/mol. The van der Waals surface area contributed by atoms with Crippen molar-refractivity contribution in [2.45, 2.75) is 19.6 Å². The highest BCUT2D eigenvalue weighted by Gasteiger charge is 2.34. The summed E-state index contributed by atoms with van der Waals surface area (Å²) in [7, 11) is 1.58. The van der Waals surface area contributed by atoms with Crippen LogP contribution in [0.25, 0.3) is 0 Å². The molecule has 0 saturated carbocycles. The van der Waals surface area contributed by atoms with Crippen LogP contribution in [0.4, 0.5) is 13.2 Å². The summed E-state index contributed by atoms with van der Waals surface area (Å²) in [4.78, 5) is 1.97. The van der Waals surface area contributed by atoms with Gasteiger partial charge in [-0.3, -0.25) is 4.90 Å². The largest absolute Gasteiger partial charge is 0.507 e. The molecular weight excluding hydrogens is 259 g/mol. The van der Waals surface area contributed by atoms with Crippen LogP contribution < -0.4 is 0 Å². The molecule has 0 aliphatic heterocycles. The predicted octanol–water partition coefficient (Wildman–Crippen LogP) is 2.88. The molecule has 0 atom stereocenters. The molecule has 0 saturated heterocycles. The van der Waals surface area contributed by atoms with Crippen LogP contribution in [0.15, 0.2) is 18.2 Å². The van der Waals surface area contributed by atoms with Crippen molar-refractivity contribution < 1.29 is 23.0 Å². The van der Waals surface area contributed by atoms with Gasteiger partial charge in [-0.25, -0.2) is 0 Å². The Balaban J connectivity index is 2.84. The molecule has 1 N–H and O–H groups in total. The third-order valence-corrected chi connectivity index (χ3v) is 2.83. The topological polar surface area (TPSA) is 32.7 Å². The van der Waals surface area contributed by atoms with Gasteiger partial charge in [-0.05, 0) is 24.2 Å². The molecule has 108 valence electrons. The number of alkyl halides is 3. The lowest BCUT2D eigenvalue weighted by atomic mass is 10.1. The number of rotatable bonds is 6. The lowest BCUT2D eigenvalue weighted by Gasteiger charge is -2.20. The van der Waals surface area contributed by atoms with Gasteiger partial charge in [0.1, 0.15) is 5.75 Å². The van der Waals surface area contributed by atoms with Gasteiger partial charge in [-0.1, -0.05) is 13.0 Å². The maximum atomic E-state index is 12.7. The normalized spacial score (nSPS) is 12.1. The second-order valence-electron chi connectivity index (χ2n) is 4.21. The number of phenolic OH excluding ortho intramolecular Hbond substituents is 1. The maximum Gasteiger partial charge on any atom is 0.419 e. The number of likely N-dealkylation sites (N-methyl/N-ethyl adjacent to an activating group) is 1. The average Bonchev–Trinajstić information content (AvgIpc) is 2.35. The van der Waals surface area contributed by atoms with Gasteiger partial charge in [0.25, 0.3) is 0 Å². The smallest absolute Gasteiger partial charge is 0.419 e. The van der Waals surface area contributed by atoms with E-state index in [1.807, 2.05) is 11.8 Å². The van der Waals surface area contributed by atoms with Gasteiger partial charge in [0, 0.05) is 20.2 Å². The van der Waals surface area contributed by atoms with E-state index >= 15 is 0 Å². The molecule has 0 spiro atoms. The first-order valence-corrected chi connectivity index (χ1v) is 5.98. The van der Waals surface area contributed by atoms with Gasteiger partial charge >= 0.3 is 6.18 Å². The number of aromatic hydroxyl groups is 1. The van der Waals surface area contributed by atoms with Crippen molar-refractivity contribution in [3.63, 3.8) is 0 Å².